The highest BCUT2D eigenvalue weighted by molar-refractivity contribution is 7.80. The fourth-order valence-electron chi connectivity index (χ4n) is 2.46. The fourth-order valence-corrected chi connectivity index (χ4v) is 2.83. The van der Waals surface area contributed by atoms with Gasteiger partial charge >= 0.3 is 0 Å². The van der Waals surface area contributed by atoms with Gasteiger partial charge in [-0.2, -0.15) is 4.98 Å². The van der Waals surface area contributed by atoms with Gasteiger partial charge in [-0.15, -0.1) is 0 Å². The van der Waals surface area contributed by atoms with Crippen LogP contribution in [0.3, 0.4) is 0 Å². The van der Waals surface area contributed by atoms with Gasteiger partial charge in [0.25, 0.3) is 0 Å². The maximum absolute atomic E-state index is 6.13. The van der Waals surface area contributed by atoms with Gasteiger partial charge in [-0.05, 0) is 38.4 Å². The third-order valence-electron chi connectivity index (χ3n) is 3.60. The number of anilines is 2. The van der Waals surface area contributed by atoms with E-state index in [-0.39, 0.29) is 0 Å². The van der Waals surface area contributed by atoms with E-state index in [1.807, 2.05) is 0 Å². The van der Waals surface area contributed by atoms with Gasteiger partial charge in [0.15, 0.2) is 5.11 Å². The molecule has 1 fully saturated rings. The van der Waals surface area contributed by atoms with Crippen molar-refractivity contribution in [2.24, 2.45) is 0 Å². The predicted octanol–water partition coefficient (Wildman–Crippen LogP) is 2.44. The summed E-state index contributed by atoms with van der Waals surface area (Å²) < 4.78 is 4.96. The van der Waals surface area contributed by atoms with Crippen LogP contribution in [0.4, 0.5) is 11.8 Å². The van der Waals surface area contributed by atoms with Gasteiger partial charge in [0.1, 0.15) is 11.0 Å². The van der Waals surface area contributed by atoms with Crippen molar-refractivity contribution in [2.75, 3.05) is 37.0 Å². The quantitative estimate of drug-likeness (QED) is 0.483. The molecule has 1 aromatic rings. The fraction of sp³-hybridized carbons (Fsp3) is 0.643. The number of methoxy groups -OCH3 is 1. The Balaban J connectivity index is 2.04. The van der Waals surface area contributed by atoms with Crippen LogP contribution in [-0.2, 0) is 4.74 Å². The average molecular weight is 344 g/mol. The summed E-state index contributed by atoms with van der Waals surface area (Å²) in [4.78, 5) is 11.0. The standard InChI is InChI=1S/C14H22ClN5OS/c1-10-5-3-4-7-20(10)12-9-11(15)17-13(18-12)19-14(22)16-6-8-21-2/h9-10H,3-8H2,1-2H3,(H2,16,17,18,19,22). The number of halogens is 1. The zero-order valence-corrected chi connectivity index (χ0v) is 14.5. The molecule has 22 heavy (non-hydrogen) atoms. The third kappa shape index (κ3) is 4.93. The zero-order chi connectivity index (χ0) is 15.9. The lowest BCUT2D eigenvalue weighted by Crippen LogP contribution is -2.38. The van der Waals surface area contributed by atoms with Crippen LogP contribution in [-0.4, -0.2) is 47.9 Å². The van der Waals surface area contributed by atoms with Crippen molar-refractivity contribution in [3.8, 4) is 0 Å². The van der Waals surface area contributed by atoms with E-state index in [0.29, 0.717) is 35.4 Å². The van der Waals surface area contributed by atoms with E-state index in [1.54, 1.807) is 13.2 Å². The van der Waals surface area contributed by atoms with E-state index in [1.165, 1.54) is 19.3 Å². The first-order valence-electron chi connectivity index (χ1n) is 7.45. The first-order valence-corrected chi connectivity index (χ1v) is 8.24. The second kappa shape index (κ2) is 8.45. The molecule has 8 heteroatoms. The molecule has 2 heterocycles. The molecular formula is C14H22ClN5OS. The molecule has 0 spiro atoms. The summed E-state index contributed by atoms with van der Waals surface area (Å²) in [6.45, 7) is 4.40. The lowest BCUT2D eigenvalue weighted by atomic mass is 10.0. The minimum atomic E-state index is 0.407. The summed E-state index contributed by atoms with van der Waals surface area (Å²) in [7, 11) is 1.64. The third-order valence-corrected chi connectivity index (χ3v) is 4.04. The van der Waals surface area contributed by atoms with Gasteiger partial charge in [0.2, 0.25) is 5.95 Å². The Labute approximate surface area is 141 Å². The molecule has 1 atom stereocenters. The molecule has 0 aliphatic carbocycles. The van der Waals surface area contributed by atoms with Crippen LogP contribution in [0.15, 0.2) is 6.07 Å². The zero-order valence-electron chi connectivity index (χ0n) is 12.9. The lowest BCUT2D eigenvalue weighted by molar-refractivity contribution is 0.204. The van der Waals surface area contributed by atoms with Crippen molar-refractivity contribution in [1.82, 2.24) is 15.3 Å². The summed E-state index contributed by atoms with van der Waals surface area (Å²) in [5, 5.41) is 6.85. The molecule has 1 aliphatic heterocycles. The van der Waals surface area contributed by atoms with E-state index >= 15 is 0 Å². The Kier molecular flexibility index (Phi) is 6.60. The molecule has 1 aromatic heterocycles. The van der Waals surface area contributed by atoms with Crippen LogP contribution in [0.25, 0.3) is 0 Å². The van der Waals surface area contributed by atoms with Crippen LogP contribution in [0.2, 0.25) is 5.15 Å². The van der Waals surface area contributed by atoms with E-state index < -0.39 is 0 Å². The Morgan fingerprint density at radius 3 is 3.05 bits per heavy atom. The molecule has 2 N–H and O–H groups in total. The molecule has 1 saturated heterocycles. The lowest BCUT2D eigenvalue weighted by Gasteiger charge is -2.34. The Morgan fingerprint density at radius 1 is 1.50 bits per heavy atom. The van der Waals surface area contributed by atoms with Crippen molar-refractivity contribution in [2.45, 2.75) is 32.2 Å². The van der Waals surface area contributed by atoms with Crippen LogP contribution in [0.1, 0.15) is 26.2 Å². The molecule has 0 saturated carbocycles. The van der Waals surface area contributed by atoms with Crippen molar-refractivity contribution >= 4 is 40.7 Å². The van der Waals surface area contributed by atoms with Gasteiger partial charge in [-0.3, -0.25) is 0 Å². The van der Waals surface area contributed by atoms with Gasteiger partial charge in [0, 0.05) is 32.3 Å². The van der Waals surface area contributed by atoms with Crippen molar-refractivity contribution in [3.63, 3.8) is 0 Å². The SMILES string of the molecule is COCCNC(=S)Nc1nc(Cl)cc(N2CCCCC2C)n1. The number of hydrogen-bond acceptors (Lipinski definition) is 5. The van der Waals surface area contributed by atoms with Crippen molar-refractivity contribution in [3.05, 3.63) is 11.2 Å². The molecule has 0 bridgehead atoms. The Bertz CT molecular complexity index is 516. The van der Waals surface area contributed by atoms with E-state index in [9.17, 15) is 0 Å². The molecule has 0 amide bonds. The number of nitrogens with one attached hydrogen (secondary N) is 2. The van der Waals surface area contributed by atoms with E-state index in [0.717, 1.165) is 12.4 Å². The smallest absolute Gasteiger partial charge is 0.232 e. The van der Waals surface area contributed by atoms with Gasteiger partial charge in [0.05, 0.1) is 6.61 Å². The first kappa shape index (κ1) is 17.2. The van der Waals surface area contributed by atoms with Gasteiger partial charge in [-0.1, -0.05) is 11.6 Å². The maximum atomic E-state index is 6.13. The molecule has 1 aliphatic rings. The number of aromatic nitrogens is 2. The molecule has 2 rings (SSSR count). The van der Waals surface area contributed by atoms with Crippen LogP contribution in [0.5, 0.6) is 0 Å². The number of ether oxygens (including phenoxy) is 1. The Hall–Kier alpha value is -1.18. The number of nitrogens with zero attached hydrogens (tertiary/aromatic N) is 3. The normalized spacial score (nSPS) is 18.1. The molecule has 1 unspecified atom stereocenters. The summed E-state index contributed by atoms with van der Waals surface area (Å²) in [6, 6.07) is 2.26. The summed E-state index contributed by atoms with van der Waals surface area (Å²) in [5.41, 5.74) is 0. The largest absolute Gasteiger partial charge is 0.383 e. The predicted molar refractivity (Wildman–Crippen MR) is 93.8 cm³/mol. The second-order valence-electron chi connectivity index (χ2n) is 5.28. The summed E-state index contributed by atoms with van der Waals surface area (Å²) in [5.74, 6) is 1.25. The maximum Gasteiger partial charge on any atom is 0.232 e. The van der Waals surface area contributed by atoms with Gasteiger partial charge < -0.3 is 20.3 Å². The molecule has 0 radical (unpaired) electrons. The van der Waals surface area contributed by atoms with Crippen LogP contribution in [0, 0.1) is 0 Å². The number of piperidine rings is 1. The Morgan fingerprint density at radius 2 is 2.32 bits per heavy atom. The second-order valence-corrected chi connectivity index (χ2v) is 6.08. The van der Waals surface area contributed by atoms with Crippen LogP contribution < -0.4 is 15.5 Å². The van der Waals surface area contributed by atoms with Crippen molar-refractivity contribution in [1.29, 1.82) is 0 Å². The number of thiocarbonyl (C=S) groups is 1. The topological polar surface area (TPSA) is 62.3 Å². The van der Waals surface area contributed by atoms with Gasteiger partial charge in [-0.25, -0.2) is 4.98 Å². The number of rotatable bonds is 5. The van der Waals surface area contributed by atoms with E-state index in [4.69, 9.17) is 28.6 Å². The minimum absolute atomic E-state index is 0.407. The molecule has 6 nitrogen and oxygen atoms in total. The highest BCUT2D eigenvalue weighted by atomic mass is 35.5. The molecular weight excluding hydrogens is 322 g/mol. The monoisotopic (exact) mass is 343 g/mol. The molecule has 0 aromatic carbocycles. The first-order chi connectivity index (χ1) is 10.6. The minimum Gasteiger partial charge on any atom is -0.383 e. The number of hydrogen-bond donors (Lipinski definition) is 2. The van der Waals surface area contributed by atoms with Crippen molar-refractivity contribution < 1.29 is 4.74 Å². The highest BCUT2D eigenvalue weighted by Gasteiger charge is 2.20. The molecule has 122 valence electrons. The van der Waals surface area contributed by atoms with E-state index in [2.05, 4.69) is 32.4 Å². The summed E-state index contributed by atoms with van der Waals surface area (Å²) >= 11 is 11.3. The van der Waals surface area contributed by atoms with Crippen LogP contribution >= 0.6 is 23.8 Å². The summed E-state index contributed by atoms with van der Waals surface area (Å²) in [6.07, 6.45) is 3.60. The highest BCUT2D eigenvalue weighted by Crippen LogP contribution is 2.25. The average Bonchev–Trinajstić information content (AvgIpc) is 2.47.